The Morgan fingerprint density at radius 3 is 2.80 bits per heavy atom. The van der Waals surface area contributed by atoms with Crippen LogP contribution in [0.1, 0.15) is 28.9 Å². The standard InChI is InChI=1S/C18H21N3O4/c1-11-15(16(22)20-18(24)19-11)12-5-3-6-13(9-12)17(23)21-8-4-7-14(10-21)25-2/h3,5-6,9,14H,4,7-8,10H2,1-2H3,(H2,19,20,22,24)/t14-/m0/s1. The molecule has 2 heterocycles. The molecule has 1 amide bonds. The van der Waals surface area contributed by atoms with Crippen molar-refractivity contribution in [3.63, 3.8) is 0 Å². The Bertz CT molecular complexity index is 900. The average molecular weight is 343 g/mol. The maximum atomic E-state index is 12.8. The predicted molar refractivity (Wildman–Crippen MR) is 93.8 cm³/mol. The number of hydrogen-bond donors (Lipinski definition) is 2. The molecule has 0 spiro atoms. The van der Waals surface area contributed by atoms with Gasteiger partial charge in [-0.15, -0.1) is 0 Å². The number of methoxy groups -OCH3 is 1. The lowest BCUT2D eigenvalue weighted by Crippen LogP contribution is -2.42. The summed E-state index contributed by atoms with van der Waals surface area (Å²) in [5, 5.41) is 0. The van der Waals surface area contributed by atoms with Crippen LogP contribution in [0.25, 0.3) is 11.1 Å². The van der Waals surface area contributed by atoms with Gasteiger partial charge in [0.15, 0.2) is 0 Å². The molecule has 3 rings (SSSR count). The number of rotatable bonds is 3. The molecule has 0 saturated carbocycles. The fraction of sp³-hybridized carbons (Fsp3) is 0.389. The molecule has 0 unspecified atom stereocenters. The minimum Gasteiger partial charge on any atom is -0.380 e. The van der Waals surface area contributed by atoms with E-state index >= 15 is 0 Å². The van der Waals surface area contributed by atoms with Crippen LogP contribution in [0.5, 0.6) is 0 Å². The smallest absolute Gasteiger partial charge is 0.325 e. The number of carbonyl (C=O) groups excluding carboxylic acids is 1. The van der Waals surface area contributed by atoms with Crippen LogP contribution in [-0.4, -0.2) is 47.1 Å². The minimum atomic E-state index is -0.544. The number of piperidine rings is 1. The lowest BCUT2D eigenvalue weighted by Gasteiger charge is -2.32. The van der Waals surface area contributed by atoms with E-state index in [4.69, 9.17) is 4.74 Å². The number of carbonyl (C=O) groups is 1. The third-order valence-corrected chi connectivity index (χ3v) is 4.53. The Kier molecular flexibility index (Phi) is 4.85. The van der Waals surface area contributed by atoms with Gasteiger partial charge in [0.1, 0.15) is 0 Å². The Morgan fingerprint density at radius 2 is 2.08 bits per heavy atom. The molecule has 25 heavy (non-hydrogen) atoms. The van der Waals surface area contributed by atoms with Gasteiger partial charge in [0.05, 0.1) is 11.7 Å². The second kappa shape index (κ2) is 7.06. The van der Waals surface area contributed by atoms with E-state index in [1.165, 1.54) is 0 Å². The highest BCUT2D eigenvalue weighted by molar-refractivity contribution is 5.95. The van der Waals surface area contributed by atoms with Crippen molar-refractivity contribution in [2.75, 3.05) is 20.2 Å². The molecule has 7 nitrogen and oxygen atoms in total. The van der Waals surface area contributed by atoms with E-state index in [1.54, 1.807) is 43.2 Å². The van der Waals surface area contributed by atoms with Gasteiger partial charge in [-0.1, -0.05) is 12.1 Å². The van der Waals surface area contributed by atoms with Gasteiger partial charge < -0.3 is 14.6 Å². The summed E-state index contributed by atoms with van der Waals surface area (Å²) in [6.45, 7) is 2.92. The van der Waals surface area contributed by atoms with Crippen molar-refractivity contribution < 1.29 is 9.53 Å². The molecular formula is C18H21N3O4. The Balaban J connectivity index is 1.93. The normalized spacial score (nSPS) is 17.5. The largest absolute Gasteiger partial charge is 0.380 e. The third kappa shape index (κ3) is 3.56. The van der Waals surface area contributed by atoms with Crippen LogP contribution >= 0.6 is 0 Å². The van der Waals surface area contributed by atoms with Crippen LogP contribution in [0.3, 0.4) is 0 Å². The molecule has 1 fully saturated rings. The van der Waals surface area contributed by atoms with Crippen molar-refractivity contribution in [3.05, 3.63) is 56.4 Å². The molecule has 1 atom stereocenters. The monoisotopic (exact) mass is 343 g/mol. The first-order chi connectivity index (χ1) is 12.0. The van der Waals surface area contributed by atoms with Gasteiger partial charge in [-0.3, -0.25) is 14.6 Å². The zero-order valence-corrected chi connectivity index (χ0v) is 14.3. The van der Waals surface area contributed by atoms with Crippen LogP contribution in [0.15, 0.2) is 33.9 Å². The molecular weight excluding hydrogens is 322 g/mol. The Hall–Kier alpha value is -2.67. The van der Waals surface area contributed by atoms with E-state index in [0.29, 0.717) is 35.5 Å². The third-order valence-electron chi connectivity index (χ3n) is 4.53. The van der Waals surface area contributed by atoms with Gasteiger partial charge in [0, 0.05) is 31.5 Å². The van der Waals surface area contributed by atoms with Gasteiger partial charge in [-0.05, 0) is 37.5 Å². The summed E-state index contributed by atoms with van der Waals surface area (Å²) < 4.78 is 5.37. The number of ether oxygens (including phenoxy) is 1. The molecule has 1 aliphatic heterocycles. The van der Waals surface area contributed by atoms with Crippen LogP contribution < -0.4 is 11.2 Å². The number of amides is 1. The van der Waals surface area contributed by atoms with Crippen molar-refractivity contribution in [2.24, 2.45) is 0 Å². The molecule has 2 N–H and O–H groups in total. The van der Waals surface area contributed by atoms with Crippen LogP contribution in [-0.2, 0) is 4.74 Å². The number of nitrogens with zero attached hydrogens (tertiary/aromatic N) is 1. The summed E-state index contributed by atoms with van der Waals surface area (Å²) in [5.41, 5.74) is 0.930. The number of aryl methyl sites for hydroxylation is 1. The molecule has 1 saturated heterocycles. The van der Waals surface area contributed by atoms with Gasteiger partial charge in [-0.25, -0.2) is 4.79 Å². The van der Waals surface area contributed by atoms with Gasteiger partial charge in [0.2, 0.25) is 0 Å². The van der Waals surface area contributed by atoms with Crippen molar-refractivity contribution in [1.29, 1.82) is 0 Å². The highest BCUT2D eigenvalue weighted by atomic mass is 16.5. The zero-order valence-electron chi connectivity index (χ0n) is 14.3. The quantitative estimate of drug-likeness (QED) is 0.878. The van der Waals surface area contributed by atoms with Gasteiger partial charge in [0.25, 0.3) is 11.5 Å². The van der Waals surface area contributed by atoms with E-state index in [9.17, 15) is 14.4 Å². The minimum absolute atomic E-state index is 0.0603. The number of hydrogen-bond acceptors (Lipinski definition) is 4. The SMILES string of the molecule is CO[C@H]1CCCN(C(=O)c2cccc(-c3c(C)[nH]c(=O)[nH]c3=O)c2)C1. The first-order valence-corrected chi connectivity index (χ1v) is 8.25. The van der Waals surface area contributed by atoms with E-state index in [0.717, 1.165) is 12.8 Å². The van der Waals surface area contributed by atoms with Crippen molar-refractivity contribution in [2.45, 2.75) is 25.9 Å². The summed E-state index contributed by atoms with van der Waals surface area (Å²) >= 11 is 0. The second-order valence-electron chi connectivity index (χ2n) is 6.24. The van der Waals surface area contributed by atoms with Crippen LogP contribution in [0, 0.1) is 6.92 Å². The molecule has 132 valence electrons. The summed E-state index contributed by atoms with van der Waals surface area (Å²) in [6, 6.07) is 6.91. The first kappa shape index (κ1) is 17.2. The van der Waals surface area contributed by atoms with Crippen molar-refractivity contribution in [3.8, 4) is 11.1 Å². The van der Waals surface area contributed by atoms with Crippen LogP contribution in [0.2, 0.25) is 0 Å². The highest BCUT2D eigenvalue weighted by Crippen LogP contribution is 2.21. The lowest BCUT2D eigenvalue weighted by molar-refractivity contribution is 0.0269. The number of likely N-dealkylation sites (tertiary alicyclic amines) is 1. The predicted octanol–water partition coefficient (Wildman–Crippen LogP) is 1.29. The van der Waals surface area contributed by atoms with Gasteiger partial charge in [-0.2, -0.15) is 0 Å². The van der Waals surface area contributed by atoms with Crippen molar-refractivity contribution >= 4 is 5.91 Å². The molecule has 1 aromatic carbocycles. The second-order valence-corrected chi connectivity index (χ2v) is 6.24. The molecule has 1 aromatic heterocycles. The van der Waals surface area contributed by atoms with E-state index in [1.807, 2.05) is 0 Å². The Morgan fingerprint density at radius 1 is 1.28 bits per heavy atom. The van der Waals surface area contributed by atoms with E-state index in [-0.39, 0.29) is 12.0 Å². The number of nitrogens with one attached hydrogen (secondary N) is 2. The average Bonchev–Trinajstić information content (AvgIpc) is 2.60. The fourth-order valence-corrected chi connectivity index (χ4v) is 3.25. The molecule has 7 heteroatoms. The summed E-state index contributed by atoms with van der Waals surface area (Å²) in [5.74, 6) is -0.0814. The molecule has 0 radical (unpaired) electrons. The van der Waals surface area contributed by atoms with Crippen molar-refractivity contribution in [1.82, 2.24) is 14.9 Å². The van der Waals surface area contributed by atoms with Gasteiger partial charge >= 0.3 is 5.69 Å². The summed E-state index contributed by atoms with van der Waals surface area (Å²) in [4.78, 5) is 42.9. The molecule has 0 aliphatic carbocycles. The molecule has 2 aromatic rings. The number of aromatic nitrogens is 2. The molecule has 1 aliphatic rings. The fourth-order valence-electron chi connectivity index (χ4n) is 3.25. The number of H-pyrrole nitrogens is 2. The number of aromatic amines is 2. The maximum absolute atomic E-state index is 12.8. The lowest BCUT2D eigenvalue weighted by atomic mass is 10.0. The maximum Gasteiger partial charge on any atom is 0.325 e. The zero-order chi connectivity index (χ0) is 18.0. The number of benzene rings is 1. The van der Waals surface area contributed by atoms with Crippen LogP contribution in [0.4, 0.5) is 0 Å². The first-order valence-electron chi connectivity index (χ1n) is 8.25. The topological polar surface area (TPSA) is 95.3 Å². The Labute approximate surface area is 144 Å². The summed E-state index contributed by atoms with van der Waals surface area (Å²) in [7, 11) is 1.66. The van der Waals surface area contributed by atoms with E-state index in [2.05, 4.69) is 9.97 Å². The molecule has 0 bridgehead atoms. The highest BCUT2D eigenvalue weighted by Gasteiger charge is 2.24. The van der Waals surface area contributed by atoms with E-state index < -0.39 is 11.2 Å². The summed E-state index contributed by atoms with van der Waals surface area (Å²) in [6.07, 6.45) is 1.92.